The Morgan fingerprint density at radius 2 is 0.947 bits per heavy atom. The molecule has 0 unspecified atom stereocenters. The van der Waals surface area contributed by atoms with Gasteiger partial charge in [0.1, 0.15) is 0 Å². The van der Waals surface area contributed by atoms with Crippen LogP contribution in [0, 0.1) is 0 Å². The molecule has 0 rings (SSSR count). The van der Waals surface area contributed by atoms with Gasteiger partial charge in [0.15, 0.2) is 25.0 Å². The van der Waals surface area contributed by atoms with Crippen molar-refractivity contribution in [3.05, 3.63) is 0 Å². The molecular weight excluding hydrogens is 292 g/mol. The summed E-state index contributed by atoms with van der Waals surface area (Å²) in [6.07, 6.45) is 0.367. The Balaban J connectivity index is 5.34. The van der Waals surface area contributed by atoms with Crippen molar-refractivity contribution in [2.24, 2.45) is 0 Å². The molecule has 0 aliphatic rings. The smallest absolute Gasteiger partial charge is 0.256 e. The van der Waals surface area contributed by atoms with Gasteiger partial charge in [-0.25, -0.2) is 0 Å². The molecule has 0 atom stereocenters. The Labute approximate surface area is 121 Å². The summed E-state index contributed by atoms with van der Waals surface area (Å²) in [5, 5.41) is 9.40. The van der Waals surface area contributed by atoms with Crippen LogP contribution < -0.4 is 0 Å². The van der Waals surface area contributed by atoms with E-state index in [1.165, 1.54) is 0 Å². The first-order valence-corrected chi connectivity index (χ1v) is 17.1. The summed E-state index contributed by atoms with van der Waals surface area (Å²) in [6.45, 7) is 19.0. The summed E-state index contributed by atoms with van der Waals surface area (Å²) < 4.78 is 18.7. The molecule has 0 saturated heterocycles. The molecule has 0 radical (unpaired) electrons. The van der Waals surface area contributed by atoms with Crippen molar-refractivity contribution in [1.29, 1.82) is 0 Å². The van der Waals surface area contributed by atoms with E-state index in [1.807, 2.05) is 0 Å². The van der Waals surface area contributed by atoms with Crippen molar-refractivity contribution in [2.45, 2.75) is 71.3 Å². The van der Waals surface area contributed by atoms with Crippen LogP contribution >= 0.6 is 0 Å². The minimum absolute atomic E-state index is 0.000556. The van der Waals surface area contributed by atoms with Gasteiger partial charge in [0, 0.05) is 6.42 Å². The van der Waals surface area contributed by atoms with Crippen LogP contribution in [0.15, 0.2) is 0 Å². The van der Waals surface area contributed by atoms with Gasteiger partial charge in [0.2, 0.25) is 0 Å². The molecule has 0 aliphatic heterocycles. The molecule has 0 aromatic carbocycles. The van der Waals surface area contributed by atoms with Crippen LogP contribution in [0.3, 0.4) is 0 Å². The molecule has 0 bridgehead atoms. The standard InChI is InChI=1S/C12H32O4Si3/c1-17(2,3)14-12(10-11-13,15-18(4,5)6)16-19(7,8)9/h13H,10-11H2,1-9H3. The summed E-state index contributed by atoms with van der Waals surface area (Å²) in [6, 6.07) is 0. The lowest BCUT2D eigenvalue weighted by molar-refractivity contribution is -0.276. The molecule has 0 aromatic rings. The van der Waals surface area contributed by atoms with E-state index < -0.39 is 30.9 Å². The minimum atomic E-state index is -1.85. The summed E-state index contributed by atoms with van der Waals surface area (Å²) in [7, 11) is -5.54. The van der Waals surface area contributed by atoms with Crippen molar-refractivity contribution in [3.63, 3.8) is 0 Å². The molecule has 4 nitrogen and oxygen atoms in total. The first-order chi connectivity index (χ1) is 8.18. The Hall–Kier alpha value is 0.491. The number of hydrogen-bond acceptors (Lipinski definition) is 4. The molecule has 0 saturated carbocycles. The van der Waals surface area contributed by atoms with Crippen LogP contribution in [-0.4, -0.2) is 42.6 Å². The highest BCUT2D eigenvalue weighted by Gasteiger charge is 2.44. The maximum atomic E-state index is 9.40. The van der Waals surface area contributed by atoms with E-state index in [0.29, 0.717) is 6.42 Å². The molecule has 19 heavy (non-hydrogen) atoms. The van der Waals surface area contributed by atoms with E-state index in [4.69, 9.17) is 13.3 Å². The maximum Gasteiger partial charge on any atom is 0.256 e. The van der Waals surface area contributed by atoms with E-state index in [9.17, 15) is 5.11 Å². The van der Waals surface area contributed by atoms with Crippen molar-refractivity contribution < 1.29 is 18.4 Å². The average molecular weight is 325 g/mol. The van der Waals surface area contributed by atoms with E-state index in [2.05, 4.69) is 58.9 Å². The summed E-state index contributed by atoms with van der Waals surface area (Å²) in [4.78, 5) is 0. The van der Waals surface area contributed by atoms with Crippen LogP contribution in [0.25, 0.3) is 0 Å². The molecule has 0 aromatic heterocycles. The second-order valence-electron chi connectivity index (χ2n) is 7.80. The Morgan fingerprint density at radius 3 is 1.11 bits per heavy atom. The summed E-state index contributed by atoms with van der Waals surface area (Å²) in [5.41, 5.74) is 0. The number of aliphatic hydroxyl groups is 1. The van der Waals surface area contributed by atoms with Gasteiger partial charge in [-0.2, -0.15) is 0 Å². The second-order valence-corrected chi connectivity index (χ2v) is 21.1. The minimum Gasteiger partial charge on any atom is -0.396 e. The zero-order valence-electron chi connectivity index (χ0n) is 14.1. The lowest BCUT2D eigenvalue weighted by Crippen LogP contribution is -2.56. The third-order valence-electron chi connectivity index (χ3n) is 1.80. The fraction of sp³-hybridized carbons (Fsp3) is 1.00. The highest BCUT2D eigenvalue weighted by atomic mass is 28.4. The molecule has 0 aliphatic carbocycles. The SMILES string of the molecule is C[Si](C)(C)OC(CCO)(O[Si](C)(C)C)O[Si](C)(C)C. The van der Waals surface area contributed by atoms with Gasteiger partial charge >= 0.3 is 0 Å². The third kappa shape index (κ3) is 9.94. The van der Waals surface area contributed by atoms with Crippen LogP contribution in [-0.2, 0) is 13.3 Å². The largest absolute Gasteiger partial charge is 0.396 e. The van der Waals surface area contributed by atoms with Gasteiger partial charge in [-0.1, -0.05) is 0 Å². The molecule has 116 valence electrons. The number of hydrogen-bond donors (Lipinski definition) is 1. The van der Waals surface area contributed by atoms with Crippen LogP contribution in [0.5, 0.6) is 0 Å². The molecule has 0 spiro atoms. The predicted molar refractivity (Wildman–Crippen MR) is 87.7 cm³/mol. The predicted octanol–water partition coefficient (Wildman–Crippen LogP) is 3.58. The molecular formula is C12H32O4Si3. The lowest BCUT2D eigenvalue weighted by atomic mass is 10.4. The Morgan fingerprint density at radius 1 is 0.684 bits per heavy atom. The van der Waals surface area contributed by atoms with Crippen molar-refractivity contribution in [2.75, 3.05) is 6.61 Å². The first-order valence-electron chi connectivity index (χ1n) is 6.89. The molecule has 0 amide bonds. The zero-order chi connectivity index (χ0) is 15.5. The quantitative estimate of drug-likeness (QED) is 0.547. The van der Waals surface area contributed by atoms with Gasteiger partial charge in [-0.05, 0) is 58.9 Å². The average Bonchev–Trinajstić information content (AvgIpc) is 1.90. The number of rotatable bonds is 8. The number of aliphatic hydroxyl groups excluding tert-OH is 1. The maximum absolute atomic E-state index is 9.40. The normalized spacial score (nSPS) is 14.8. The van der Waals surface area contributed by atoms with E-state index in [-0.39, 0.29) is 6.61 Å². The zero-order valence-corrected chi connectivity index (χ0v) is 17.1. The lowest BCUT2D eigenvalue weighted by Gasteiger charge is -2.45. The van der Waals surface area contributed by atoms with Gasteiger partial charge in [0.05, 0.1) is 6.61 Å². The highest BCUT2D eigenvalue weighted by molar-refractivity contribution is 6.72. The van der Waals surface area contributed by atoms with E-state index in [0.717, 1.165) is 0 Å². The Kier molecular flexibility index (Phi) is 6.67. The first kappa shape index (κ1) is 19.5. The van der Waals surface area contributed by atoms with Crippen LogP contribution in [0.4, 0.5) is 0 Å². The molecule has 7 heteroatoms. The van der Waals surface area contributed by atoms with E-state index in [1.54, 1.807) is 0 Å². The van der Waals surface area contributed by atoms with Gasteiger partial charge in [0.25, 0.3) is 5.97 Å². The highest BCUT2D eigenvalue weighted by Crippen LogP contribution is 2.31. The molecule has 1 N–H and O–H groups in total. The fourth-order valence-corrected chi connectivity index (χ4v) is 5.36. The van der Waals surface area contributed by atoms with Gasteiger partial charge in [-0.15, -0.1) is 0 Å². The molecule has 0 fully saturated rings. The monoisotopic (exact) mass is 324 g/mol. The van der Waals surface area contributed by atoms with Crippen molar-refractivity contribution in [1.82, 2.24) is 0 Å². The van der Waals surface area contributed by atoms with Gasteiger partial charge in [-0.3, -0.25) is 0 Å². The van der Waals surface area contributed by atoms with Crippen molar-refractivity contribution >= 4 is 25.0 Å². The summed E-state index contributed by atoms with van der Waals surface area (Å²) >= 11 is 0. The fourth-order valence-electron chi connectivity index (χ4n) is 1.75. The second kappa shape index (κ2) is 6.50. The Bertz CT molecular complexity index is 235. The third-order valence-corrected chi connectivity index (χ3v) is 4.57. The van der Waals surface area contributed by atoms with Gasteiger partial charge < -0.3 is 18.4 Å². The van der Waals surface area contributed by atoms with E-state index >= 15 is 0 Å². The molecule has 0 heterocycles. The summed E-state index contributed by atoms with van der Waals surface area (Å²) in [5.74, 6) is -1.06. The van der Waals surface area contributed by atoms with Crippen LogP contribution in [0.1, 0.15) is 6.42 Å². The van der Waals surface area contributed by atoms with Crippen LogP contribution in [0.2, 0.25) is 58.9 Å². The van der Waals surface area contributed by atoms with Crippen molar-refractivity contribution in [3.8, 4) is 0 Å². The topological polar surface area (TPSA) is 47.9 Å².